The van der Waals surface area contributed by atoms with Gasteiger partial charge in [-0.1, -0.05) is 18.2 Å². The normalized spacial score (nSPS) is 11.9. The van der Waals surface area contributed by atoms with Crippen LogP contribution in [0.2, 0.25) is 0 Å². The van der Waals surface area contributed by atoms with Crippen LogP contribution < -0.4 is 0 Å². The summed E-state index contributed by atoms with van der Waals surface area (Å²) in [6.45, 7) is 3.87. The van der Waals surface area contributed by atoms with Crippen molar-refractivity contribution in [2.45, 2.75) is 24.8 Å². The van der Waals surface area contributed by atoms with E-state index in [1.807, 2.05) is 0 Å². The van der Waals surface area contributed by atoms with E-state index >= 15 is 0 Å². The molecule has 0 aromatic heterocycles. The molecule has 14 heavy (non-hydrogen) atoms. The van der Waals surface area contributed by atoms with Crippen molar-refractivity contribution in [2.24, 2.45) is 0 Å². The highest BCUT2D eigenvalue weighted by Gasteiger charge is 2.04. The fraction of sp³-hybridized carbons (Fsp3) is 0.667. The molecule has 4 nitrogen and oxygen atoms in total. The van der Waals surface area contributed by atoms with E-state index in [1.165, 1.54) is 6.26 Å². The first-order chi connectivity index (χ1) is 6.66. The lowest BCUT2D eigenvalue weighted by molar-refractivity contribution is -0.144. The molecule has 1 unspecified atom stereocenters. The average molecular weight is 223 g/mol. The van der Waals surface area contributed by atoms with Crippen molar-refractivity contribution >= 4 is 17.6 Å². The van der Waals surface area contributed by atoms with Crippen LogP contribution in [0.4, 0.5) is 0 Å². The minimum atomic E-state index is -0.883. The van der Waals surface area contributed by atoms with Crippen LogP contribution in [-0.2, 0) is 14.3 Å². The third-order valence-corrected chi connectivity index (χ3v) is 1.62. The molecule has 0 bridgehead atoms. The Kier molecular flexibility index (Phi) is 8.37. The Hall–Kier alpha value is -0.740. The summed E-state index contributed by atoms with van der Waals surface area (Å²) in [7, 11) is 0. The lowest BCUT2D eigenvalue weighted by Gasteiger charge is -2.04. The number of hydrogen-bond acceptors (Lipinski definition) is 4. The predicted octanol–water partition coefficient (Wildman–Crippen LogP) is 1.42. The molecule has 0 aromatic rings. The number of alkyl halides is 1. The third kappa shape index (κ3) is 9.35. The molecule has 0 fully saturated rings. The fourth-order valence-corrected chi connectivity index (χ4v) is 0.928. The van der Waals surface area contributed by atoms with E-state index in [0.717, 1.165) is 0 Å². The Balaban J connectivity index is 3.23. The first-order valence-corrected chi connectivity index (χ1v) is 4.80. The first-order valence-electron chi connectivity index (χ1n) is 4.37. The van der Waals surface area contributed by atoms with Gasteiger partial charge in [-0.05, 0) is 12.8 Å². The first kappa shape index (κ1) is 13.3. The molecular formula is C9H15ClO4. The van der Waals surface area contributed by atoms with Gasteiger partial charge in [0.15, 0.2) is 0 Å². The fourth-order valence-electron chi connectivity index (χ4n) is 0.774. The maximum Gasteiger partial charge on any atom is 0.305 e. The number of carbonyl (C=O) groups is 1. The summed E-state index contributed by atoms with van der Waals surface area (Å²) in [5, 5.41) is 8.69. The van der Waals surface area contributed by atoms with E-state index in [9.17, 15) is 4.79 Å². The van der Waals surface area contributed by atoms with Gasteiger partial charge in [-0.3, -0.25) is 4.79 Å². The molecule has 1 atom stereocenters. The van der Waals surface area contributed by atoms with E-state index in [-0.39, 0.29) is 19.0 Å². The predicted molar refractivity (Wildman–Crippen MR) is 52.8 cm³/mol. The number of hydrogen-bond donors (Lipinski definition) is 1. The Bertz CT molecular complexity index is 170. The largest absolute Gasteiger partial charge is 0.498 e. The van der Waals surface area contributed by atoms with Crippen molar-refractivity contribution in [1.82, 2.24) is 0 Å². The lowest BCUT2D eigenvalue weighted by atomic mass is 10.2. The highest BCUT2D eigenvalue weighted by molar-refractivity contribution is 6.19. The van der Waals surface area contributed by atoms with Crippen molar-refractivity contribution in [3.05, 3.63) is 12.8 Å². The number of rotatable bonds is 8. The topological polar surface area (TPSA) is 55.8 Å². The van der Waals surface area contributed by atoms with E-state index < -0.39 is 5.56 Å². The van der Waals surface area contributed by atoms with Crippen molar-refractivity contribution in [3.63, 3.8) is 0 Å². The lowest BCUT2D eigenvalue weighted by Crippen LogP contribution is -2.09. The van der Waals surface area contributed by atoms with Gasteiger partial charge in [-0.2, -0.15) is 0 Å². The second-order valence-corrected chi connectivity index (χ2v) is 3.09. The molecule has 0 rings (SSSR count). The number of aliphatic hydroxyl groups excluding tert-OH is 1. The van der Waals surface area contributed by atoms with E-state index in [1.54, 1.807) is 0 Å². The van der Waals surface area contributed by atoms with Gasteiger partial charge in [-0.25, -0.2) is 0 Å². The maximum atomic E-state index is 11.0. The van der Waals surface area contributed by atoms with Crippen LogP contribution in [0.25, 0.3) is 0 Å². The van der Waals surface area contributed by atoms with Gasteiger partial charge in [0.05, 0.1) is 6.26 Å². The van der Waals surface area contributed by atoms with Gasteiger partial charge < -0.3 is 14.6 Å². The monoisotopic (exact) mass is 222 g/mol. The van der Waals surface area contributed by atoms with Gasteiger partial charge in [0.2, 0.25) is 0 Å². The van der Waals surface area contributed by atoms with Crippen LogP contribution in [0.15, 0.2) is 12.8 Å². The summed E-state index contributed by atoms with van der Waals surface area (Å²) in [6, 6.07) is 0. The highest BCUT2D eigenvalue weighted by atomic mass is 35.5. The minimum Gasteiger partial charge on any atom is -0.498 e. The van der Waals surface area contributed by atoms with E-state index in [0.29, 0.717) is 19.4 Å². The van der Waals surface area contributed by atoms with Crippen LogP contribution in [0, 0.1) is 0 Å². The Morgan fingerprint density at radius 1 is 1.57 bits per heavy atom. The van der Waals surface area contributed by atoms with Crippen LogP contribution in [0.1, 0.15) is 19.3 Å². The molecule has 0 aliphatic rings. The van der Waals surface area contributed by atoms with Gasteiger partial charge in [0, 0.05) is 6.42 Å². The Morgan fingerprint density at radius 3 is 2.86 bits per heavy atom. The zero-order chi connectivity index (χ0) is 10.8. The number of esters is 1. The molecule has 82 valence electrons. The number of ether oxygens (including phenoxy) is 2. The second kappa shape index (κ2) is 8.84. The molecule has 0 spiro atoms. The molecule has 0 aromatic carbocycles. The Morgan fingerprint density at radius 2 is 2.29 bits per heavy atom. The molecule has 0 aliphatic heterocycles. The van der Waals surface area contributed by atoms with Crippen molar-refractivity contribution < 1.29 is 19.4 Å². The molecule has 5 heteroatoms. The summed E-state index contributed by atoms with van der Waals surface area (Å²) in [5.74, 6) is -0.310. The minimum absolute atomic E-state index is 0.217. The van der Waals surface area contributed by atoms with Gasteiger partial charge >= 0.3 is 5.97 Å². The van der Waals surface area contributed by atoms with Crippen LogP contribution in [0.5, 0.6) is 0 Å². The average Bonchev–Trinajstić information content (AvgIpc) is 2.12. The highest BCUT2D eigenvalue weighted by Crippen LogP contribution is 2.04. The zero-order valence-corrected chi connectivity index (χ0v) is 8.70. The SMILES string of the molecule is C=COCCOC(=O)CCCC(O)Cl. The van der Waals surface area contributed by atoms with E-state index in [4.69, 9.17) is 26.2 Å². The second-order valence-electron chi connectivity index (χ2n) is 2.58. The molecule has 0 radical (unpaired) electrons. The van der Waals surface area contributed by atoms with Crippen molar-refractivity contribution in [2.75, 3.05) is 13.2 Å². The van der Waals surface area contributed by atoms with Crippen LogP contribution in [-0.4, -0.2) is 29.9 Å². The Labute approximate surface area is 88.5 Å². The quantitative estimate of drug-likeness (QED) is 0.292. The number of halogens is 1. The molecule has 0 heterocycles. The summed E-state index contributed by atoms with van der Waals surface area (Å²) in [6.07, 6.45) is 2.46. The molecule has 0 saturated heterocycles. The molecular weight excluding hydrogens is 208 g/mol. The molecule has 0 saturated carbocycles. The number of carbonyl (C=O) groups excluding carboxylic acids is 1. The van der Waals surface area contributed by atoms with E-state index in [2.05, 4.69) is 6.58 Å². The standard InChI is InChI=1S/C9H15ClO4/c1-2-13-6-7-14-9(12)5-3-4-8(10)11/h2,8,11H,1,3-7H2. The zero-order valence-electron chi connectivity index (χ0n) is 7.95. The molecule has 1 N–H and O–H groups in total. The van der Waals surface area contributed by atoms with Crippen molar-refractivity contribution in [1.29, 1.82) is 0 Å². The smallest absolute Gasteiger partial charge is 0.305 e. The number of aliphatic hydroxyl groups is 1. The van der Waals surface area contributed by atoms with Crippen molar-refractivity contribution in [3.8, 4) is 0 Å². The molecule has 0 amide bonds. The van der Waals surface area contributed by atoms with Gasteiger partial charge in [-0.15, -0.1) is 0 Å². The van der Waals surface area contributed by atoms with Gasteiger partial charge in [0.25, 0.3) is 0 Å². The summed E-state index contributed by atoms with van der Waals surface area (Å²) >= 11 is 5.28. The summed E-state index contributed by atoms with van der Waals surface area (Å²) in [4.78, 5) is 11.0. The molecule has 0 aliphatic carbocycles. The third-order valence-electron chi connectivity index (χ3n) is 1.41. The van der Waals surface area contributed by atoms with Gasteiger partial charge in [0.1, 0.15) is 18.8 Å². The summed E-state index contributed by atoms with van der Waals surface area (Å²) in [5.41, 5.74) is -0.883. The maximum absolute atomic E-state index is 11.0. The summed E-state index contributed by atoms with van der Waals surface area (Å²) < 4.78 is 9.54. The van der Waals surface area contributed by atoms with Crippen LogP contribution >= 0.6 is 11.6 Å². The van der Waals surface area contributed by atoms with Crippen LogP contribution in [0.3, 0.4) is 0 Å².